The number of alkyl halides is 1. The maximum atomic E-state index is 15.2. The molecule has 29 heavy (non-hydrogen) atoms. The van der Waals surface area contributed by atoms with Gasteiger partial charge in [0.1, 0.15) is 18.2 Å². The molecule has 0 saturated carbocycles. The summed E-state index contributed by atoms with van der Waals surface area (Å²) in [5, 5.41) is 14.1. The van der Waals surface area contributed by atoms with E-state index in [1.165, 1.54) is 0 Å². The molecule has 4 rings (SSSR count). The molecule has 1 aromatic carbocycles. The topological polar surface area (TPSA) is 99.0 Å². The largest absolute Gasteiger partial charge is 0.472 e. The molecule has 0 bridgehead atoms. The van der Waals surface area contributed by atoms with Crippen LogP contribution < -0.4 is 10.5 Å². The van der Waals surface area contributed by atoms with E-state index in [4.69, 9.17) is 20.5 Å². The van der Waals surface area contributed by atoms with Crippen molar-refractivity contribution in [3.8, 4) is 11.9 Å². The Balaban J connectivity index is 1.75. The summed E-state index contributed by atoms with van der Waals surface area (Å²) in [5.74, 6) is 0.583. The first kappa shape index (κ1) is 19.2. The van der Waals surface area contributed by atoms with Crippen molar-refractivity contribution in [1.82, 2.24) is 14.8 Å². The second kappa shape index (κ2) is 8.05. The summed E-state index contributed by atoms with van der Waals surface area (Å²) in [6.45, 7) is 1.13. The molecule has 2 N–H and O–H groups in total. The second-order valence-electron chi connectivity index (χ2n) is 7.13. The molecular weight excluding hydrogens is 373 g/mol. The van der Waals surface area contributed by atoms with Gasteiger partial charge >= 0.3 is 0 Å². The molecule has 1 fully saturated rings. The van der Waals surface area contributed by atoms with Crippen LogP contribution in [0.2, 0.25) is 0 Å². The van der Waals surface area contributed by atoms with Crippen molar-refractivity contribution in [2.24, 2.45) is 0 Å². The number of rotatable bonds is 6. The van der Waals surface area contributed by atoms with Gasteiger partial charge in [0, 0.05) is 19.4 Å². The predicted molar refractivity (Wildman–Crippen MR) is 106 cm³/mol. The van der Waals surface area contributed by atoms with Crippen molar-refractivity contribution < 1.29 is 13.9 Å². The number of fused-ring (bicyclic) bond motifs is 1. The number of hydrogen-bond donors (Lipinski definition) is 1. The molecule has 3 aromatic rings. The summed E-state index contributed by atoms with van der Waals surface area (Å²) in [6.07, 6.45) is 0.818. The van der Waals surface area contributed by atoms with E-state index in [0.29, 0.717) is 49.4 Å². The zero-order chi connectivity index (χ0) is 20.3. The van der Waals surface area contributed by atoms with Crippen LogP contribution in [0.3, 0.4) is 0 Å². The minimum Gasteiger partial charge on any atom is -0.472 e. The van der Waals surface area contributed by atoms with Gasteiger partial charge in [-0.25, -0.2) is 9.37 Å². The molecule has 1 atom stereocenters. The van der Waals surface area contributed by atoms with Gasteiger partial charge in [-0.3, -0.25) is 4.68 Å². The number of anilines is 1. The fraction of sp³-hybridized carbons (Fsp3) is 0.381. The van der Waals surface area contributed by atoms with Gasteiger partial charge in [-0.1, -0.05) is 30.3 Å². The van der Waals surface area contributed by atoms with Crippen LogP contribution in [0.1, 0.15) is 24.8 Å². The quantitative estimate of drug-likeness (QED) is 0.687. The lowest BCUT2D eigenvalue weighted by molar-refractivity contribution is -0.0244. The number of hydrogen-bond acceptors (Lipinski definition) is 6. The first-order valence-corrected chi connectivity index (χ1v) is 9.55. The molecule has 2 aromatic heterocycles. The molecule has 0 radical (unpaired) electrons. The monoisotopic (exact) mass is 395 g/mol. The van der Waals surface area contributed by atoms with Crippen LogP contribution in [0.15, 0.2) is 42.6 Å². The first-order valence-electron chi connectivity index (χ1n) is 9.55. The van der Waals surface area contributed by atoms with E-state index in [-0.39, 0.29) is 12.2 Å². The second-order valence-corrected chi connectivity index (χ2v) is 7.13. The number of pyridine rings is 1. The molecule has 1 aliphatic heterocycles. The number of nitrogen functional groups attached to an aromatic ring is 1. The molecule has 150 valence electrons. The van der Waals surface area contributed by atoms with Crippen molar-refractivity contribution in [2.45, 2.75) is 37.6 Å². The van der Waals surface area contributed by atoms with Crippen LogP contribution >= 0.6 is 0 Å². The fourth-order valence-corrected chi connectivity index (χ4v) is 3.89. The highest BCUT2D eigenvalue weighted by Crippen LogP contribution is 2.40. The van der Waals surface area contributed by atoms with Gasteiger partial charge in [-0.05, 0) is 24.5 Å². The maximum absolute atomic E-state index is 15.2. The summed E-state index contributed by atoms with van der Waals surface area (Å²) in [7, 11) is 0. The van der Waals surface area contributed by atoms with Crippen LogP contribution in [-0.4, -0.2) is 34.1 Å². The zero-order valence-corrected chi connectivity index (χ0v) is 15.9. The maximum Gasteiger partial charge on any atom is 0.227 e. The minimum absolute atomic E-state index is 0.219. The Morgan fingerprint density at radius 3 is 2.76 bits per heavy atom. The minimum atomic E-state index is -1.39. The summed E-state index contributed by atoms with van der Waals surface area (Å²) < 4.78 is 28.2. The number of nitriles is 1. The Morgan fingerprint density at radius 2 is 2.03 bits per heavy atom. The SMILES string of the molecule is N#CC[C@H](F)C1(n2nc(N)c3c(OCc4ccccc4)nccc32)CCOCC1. The molecule has 7 nitrogen and oxygen atoms in total. The average molecular weight is 395 g/mol. The van der Waals surface area contributed by atoms with Crippen LogP contribution in [0.4, 0.5) is 10.2 Å². The highest BCUT2D eigenvalue weighted by molar-refractivity contribution is 5.93. The van der Waals surface area contributed by atoms with Crippen LogP contribution in [0.25, 0.3) is 10.9 Å². The van der Waals surface area contributed by atoms with Crippen LogP contribution in [0, 0.1) is 11.3 Å². The number of benzene rings is 1. The van der Waals surface area contributed by atoms with Crippen molar-refractivity contribution in [2.75, 3.05) is 18.9 Å². The zero-order valence-electron chi connectivity index (χ0n) is 15.9. The third-order valence-electron chi connectivity index (χ3n) is 5.44. The summed E-state index contributed by atoms with van der Waals surface area (Å²) in [6, 6.07) is 13.4. The summed E-state index contributed by atoms with van der Waals surface area (Å²) in [5.41, 5.74) is 6.87. The third-order valence-corrected chi connectivity index (χ3v) is 5.44. The van der Waals surface area contributed by atoms with Gasteiger partial charge in [0.2, 0.25) is 5.88 Å². The lowest BCUT2D eigenvalue weighted by Crippen LogP contribution is -2.47. The normalized spacial score (nSPS) is 17.0. The number of halogens is 1. The van der Waals surface area contributed by atoms with Gasteiger partial charge < -0.3 is 15.2 Å². The molecule has 1 aliphatic rings. The summed E-state index contributed by atoms with van der Waals surface area (Å²) >= 11 is 0. The van der Waals surface area contributed by atoms with E-state index in [0.717, 1.165) is 5.56 Å². The molecular formula is C21H22FN5O2. The van der Waals surface area contributed by atoms with Crippen LogP contribution in [-0.2, 0) is 16.9 Å². The molecule has 0 spiro atoms. The van der Waals surface area contributed by atoms with Gasteiger partial charge in [-0.15, -0.1) is 0 Å². The van der Waals surface area contributed by atoms with Crippen molar-refractivity contribution in [3.63, 3.8) is 0 Å². The Hall–Kier alpha value is -3.18. The van der Waals surface area contributed by atoms with Gasteiger partial charge in [0.05, 0.1) is 23.5 Å². The van der Waals surface area contributed by atoms with Crippen LogP contribution in [0.5, 0.6) is 5.88 Å². The number of aromatic nitrogens is 3. The van der Waals surface area contributed by atoms with Gasteiger partial charge in [0.15, 0.2) is 5.82 Å². The molecule has 0 aliphatic carbocycles. The molecule has 0 unspecified atom stereocenters. The van der Waals surface area contributed by atoms with Crippen molar-refractivity contribution in [1.29, 1.82) is 5.26 Å². The van der Waals surface area contributed by atoms with E-state index >= 15 is 4.39 Å². The smallest absolute Gasteiger partial charge is 0.227 e. The third kappa shape index (κ3) is 3.49. The Kier molecular flexibility index (Phi) is 5.32. The van der Waals surface area contributed by atoms with Gasteiger partial charge in [-0.2, -0.15) is 10.4 Å². The highest BCUT2D eigenvalue weighted by Gasteiger charge is 2.44. The number of ether oxygens (including phenoxy) is 2. The number of nitrogens with two attached hydrogens (primary N) is 1. The van der Waals surface area contributed by atoms with Gasteiger partial charge in [0.25, 0.3) is 0 Å². The van der Waals surface area contributed by atoms with Crippen molar-refractivity contribution in [3.05, 3.63) is 48.2 Å². The molecule has 1 saturated heterocycles. The highest BCUT2D eigenvalue weighted by atomic mass is 19.1. The number of nitrogens with zero attached hydrogens (tertiary/aromatic N) is 4. The van der Waals surface area contributed by atoms with E-state index in [2.05, 4.69) is 10.1 Å². The lowest BCUT2D eigenvalue weighted by atomic mass is 9.83. The van der Waals surface area contributed by atoms with E-state index in [9.17, 15) is 0 Å². The average Bonchev–Trinajstić information content (AvgIpc) is 3.11. The Bertz CT molecular complexity index is 1020. The van der Waals surface area contributed by atoms with Crippen molar-refractivity contribution >= 4 is 16.7 Å². The summed E-state index contributed by atoms with van der Waals surface area (Å²) in [4.78, 5) is 4.32. The molecule has 3 heterocycles. The van der Waals surface area contributed by atoms with E-state index < -0.39 is 11.7 Å². The van der Waals surface area contributed by atoms with E-state index in [1.54, 1.807) is 16.9 Å². The standard InChI is InChI=1S/C21H22FN5O2/c22-17(6-10-23)21(8-12-28-13-9-21)27-16-7-11-25-20(18(16)19(24)26-27)29-14-15-4-2-1-3-5-15/h1-5,7,11,17H,6,8-9,12-14H2,(H2,24,26)/t17-/m0/s1. The first-order chi connectivity index (χ1) is 14.2. The molecule has 0 amide bonds. The van der Waals surface area contributed by atoms with E-state index in [1.807, 2.05) is 36.4 Å². The Labute approximate surface area is 167 Å². The fourth-order valence-electron chi connectivity index (χ4n) is 3.89. The lowest BCUT2D eigenvalue weighted by Gasteiger charge is -2.39. The Morgan fingerprint density at radius 1 is 1.28 bits per heavy atom. The predicted octanol–water partition coefficient (Wildman–Crippen LogP) is 3.35. The molecule has 8 heteroatoms.